The van der Waals surface area contributed by atoms with Gasteiger partial charge in [-0.1, -0.05) is 103 Å². The van der Waals surface area contributed by atoms with E-state index in [9.17, 15) is 4.79 Å². The molecule has 2 aliphatic rings. The molecule has 3 heterocycles. The highest BCUT2D eigenvalue weighted by molar-refractivity contribution is 6.26. The number of pyridine rings is 1. The van der Waals surface area contributed by atoms with Crippen molar-refractivity contribution in [3.8, 4) is 16.9 Å². The Bertz CT molecular complexity index is 2370. The van der Waals surface area contributed by atoms with Gasteiger partial charge in [0.05, 0.1) is 28.1 Å². The zero-order valence-corrected chi connectivity index (χ0v) is 23.2. The van der Waals surface area contributed by atoms with E-state index in [1.54, 1.807) is 11.6 Å². The molecule has 1 unspecified atom stereocenters. The molecule has 0 saturated heterocycles. The van der Waals surface area contributed by atoms with E-state index in [4.69, 9.17) is 5.10 Å². The molecule has 1 atom stereocenters. The molecule has 2 aromatic heterocycles. The number of benzene rings is 5. The van der Waals surface area contributed by atoms with Crippen LogP contribution in [0.5, 0.6) is 0 Å². The van der Waals surface area contributed by atoms with Gasteiger partial charge in [-0.05, 0) is 34.5 Å². The summed E-state index contributed by atoms with van der Waals surface area (Å²) in [6, 6.07) is 39.5. The Morgan fingerprint density at radius 1 is 0.721 bits per heavy atom. The largest absolute Gasteiger partial charge is 0.339 e. The van der Waals surface area contributed by atoms with Crippen molar-refractivity contribution in [2.45, 2.75) is 5.41 Å². The summed E-state index contributed by atoms with van der Waals surface area (Å²) >= 11 is 0. The van der Waals surface area contributed by atoms with E-state index in [1.807, 2.05) is 126 Å². The molecule has 6 heteroatoms. The summed E-state index contributed by atoms with van der Waals surface area (Å²) < 4.78 is 3.55. The van der Waals surface area contributed by atoms with Crippen LogP contribution in [0.4, 0.5) is 11.5 Å². The van der Waals surface area contributed by atoms with E-state index in [1.165, 1.54) is 0 Å². The molecule has 0 saturated carbocycles. The van der Waals surface area contributed by atoms with E-state index in [0.29, 0.717) is 33.9 Å². The Hall–Kier alpha value is -5.75. The Morgan fingerprint density at radius 3 is 2.21 bits per heavy atom. The quantitative estimate of drug-likeness (QED) is 0.246. The topological polar surface area (TPSA) is 68.9 Å². The molecule has 6 nitrogen and oxygen atoms in total. The molecule has 0 bridgehead atoms. The van der Waals surface area contributed by atoms with Gasteiger partial charge in [0.1, 0.15) is 11.2 Å². The third kappa shape index (κ3) is 2.89. The Kier molecular flexibility index (Phi) is 4.67. The van der Waals surface area contributed by atoms with Crippen LogP contribution >= 0.6 is 0 Å². The number of aromatic nitrogens is 3. The number of Topliss-reactive ketones (excluding diaryl/α,β-unsaturated/α-hetero) is 1. The summed E-state index contributed by atoms with van der Waals surface area (Å²) in [5.41, 5.74) is 4.72. The van der Waals surface area contributed by atoms with Gasteiger partial charge in [-0.15, -0.1) is 0 Å². The van der Waals surface area contributed by atoms with Gasteiger partial charge in [-0.3, -0.25) is 9.59 Å². The second kappa shape index (κ2) is 8.39. The predicted molar refractivity (Wildman–Crippen MR) is 170 cm³/mol. The summed E-state index contributed by atoms with van der Waals surface area (Å²) in [6.45, 7) is 0. The molecular formula is C37H24N4O2. The third-order valence-electron chi connectivity index (χ3n) is 9.12. The number of carbonyl (C=O) groups is 1. The normalized spacial score (nSPS) is 16.4. The fraction of sp³-hybridized carbons (Fsp3) is 0.0541. The van der Waals surface area contributed by atoms with Crippen molar-refractivity contribution in [1.82, 2.24) is 14.3 Å². The second-order valence-electron chi connectivity index (χ2n) is 11.2. The van der Waals surface area contributed by atoms with Crippen molar-refractivity contribution >= 4 is 39.0 Å². The number of rotatable bonds is 2. The molecule has 9 rings (SSSR count). The zero-order valence-electron chi connectivity index (χ0n) is 23.2. The molecule has 43 heavy (non-hydrogen) atoms. The van der Waals surface area contributed by atoms with Crippen LogP contribution in [0.3, 0.4) is 0 Å². The zero-order chi connectivity index (χ0) is 28.9. The predicted octanol–water partition coefficient (Wildman–Crippen LogP) is 7.13. The lowest BCUT2D eigenvalue weighted by atomic mass is 9.66. The van der Waals surface area contributed by atoms with Crippen molar-refractivity contribution in [1.29, 1.82) is 0 Å². The first-order valence-corrected chi connectivity index (χ1v) is 14.3. The molecule has 1 spiro atoms. The lowest BCUT2D eigenvalue weighted by Gasteiger charge is -2.37. The number of fused-ring (bicyclic) bond motifs is 7. The SMILES string of the molecule is Cn1c(=O)c2c(c3ccccc31)Nc1c(c(-c3ccccc3)nn1-c1ccccc1)C21C(=O)c2cccc3cccc1c23. The second-order valence-corrected chi connectivity index (χ2v) is 11.2. The van der Waals surface area contributed by atoms with Gasteiger partial charge >= 0.3 is 0 Å². The van der Waals surface area contributed by atoms with Crippen LogP contribution in [0.25, 0.3) is 38.6 Å². The van der Waals surface area contributed by atoms with Crippen LogP contribution in [0.15, 0.2) is 126 Å². The molecule has 0 fully saturated rings. The van der Waals surface area contributed by atoms with Crippen molar-refractivity contribution in [2.75, 3.05) is 5.32 Å². The van der Waals surface area contributed by atoms with E-state index in [0.717, 1.165) is 38.5 Å². The average molecular weight is 557 g/mol. The average Bonchev–Trinajstić information content (AvgIpc) is 3.56. The lowest BCUT2D eigenvalue weighted by Crippen LogP contribution is -2.45. The highest BCUT2D eigenvalue weighted by atomic mass is 16.1. The van der Waals surface area contributed by atoms with Gasteiger partial charge < -0.3 is 9.88 Å². The summed E-state index contributed by atoms with van der Waals surface area (Å²) in [7, 11) is 1.78. The minimum Gasteiger partial charge on any atom is -0.339 e. The van der Waals surface area contributed by atoms with E-state index < -0.39 is 5.41 Å². The molecule has 1 aliphatic heterocycles. The van der Waals surface area contributed by atoms with E-state index in [-0.39, 0.29) is 11.3 Å². The van der Waals surface area contributed by atoms with Gasteiger partial charge in [-0.2, -0.15) is 5.10 Å². The standard InChI is InChI=1S/C37H24N4O2/c1-40-28-21-9-8-18-25(28)33-31(36(40)43)37(27-20-11-15-22-14-10-19-26(29(22)27)34(37)42)30-32(23-12-4-2-5-13-23)39-41(35(30)38-33)24-16-6-3-7-17-24/h2-21,38H,1H3. The number of aryl methyl sites for hydroxylation is 1. The summed E-state index contributed by atoms with van der Waals surface area (Å²) in [6.07, 6.45) is 0. The van der Waals surface area contributed by atoms with Crippen LogP contribution in [0, 0.1) is 0 Å². The Balaban J connectivity index is 1.54. The maximum absolute atomic E-state index is 15.3. The van der Waals surface area contributed by atoms with Gasteiger partial charge in [0.2, 0.25) is 0 Å². The molecule has 0 radical (unpaired) electrons. The maximum atomic E-state index is 15.3. The summed E-state index contributed by atoms with van der Waals surface area (Å²) in [4.78, 5) is 30.0. The number of hydrogen-bond donors (Lipinski definition) is 1. The third-order valence-corrected chi connectivity index (χ3v) is 9.12. The van der Waals surface area contributed by atoms with E-state index in [2.05, 4.69) is 5.32 Å². The summed E-state index contributed by atoms with van der Waals surface area (Å²) in [5.74, 6) is 0.564. The van der Waals surface area contributed by atoms with Crippen molar-refractivity contribution in [2.24, 2.45) is 7.05 Å². The van der Waals surface area contributed by atoms with E-state index >= 15 is 4.79 Å². The van der Waals surface area contributed by atoms with Crippen LogP contribution < -0.4 is 10.9 Å². The van der Waals surface area contributed by atoms with Crippen LogP contribution in [0.1, 0.15) is 27.0 Å². The minimum absolute atomic E-state index is 0.111. The Labute approximate surface area is 246 Å². The summed E-state index contributed by atoms with van der Waals surface area (Å²) in [5, 5.41) is 11.6. The maximum Gasteiger partial charge on any atom is 0.257 e. The number of para-hydroxylation sites is 2. The van der Waals surface area contributed by atoms with Gasteiger partial charge in [0.15, 0.2) is 5.78 Å². The number of carbonyl (C=O) groups excluding carboxylic acids is 1. The first-order valence-electron chi connectivity index (χ1n) is 14.3. The molecule has 1 N–H and O–H groups in total. The highest BCUT2D eigenvalue weighted by Crippen LogP contribution is 2.59. The molecule has 1 aliphatic carbocycles. The Morgan fingerprint density at radius 2 is 1.42 bits per heavy atom. The molecule has 7 aromatic rings. The fourth-order valence-corrected chi connectivity index (χ4v) is 7.32. The highest BCUT2D eigenvalue weighted by Gasteiger charge is 2.58. The van der Waals surface area contributed by atoms with Gasteiger partial charge in [0.25, 0.3) is 5.56 Å². The number of hydrogen-bond acceptors (Lipinski definition) is 4. The van der Waals surface area contributed by atoms with Crippen LogP contribution in [-0.4, -0.2) is 20.1 Å². The minimum atomic E-state index is -1.42. The first-order chi connectivity index (χ1) is 21.1. The first kappa shape index (κ1) is 23.9. The van der Waals surface area contributed by atoms with Gasteiger partial charge in [-0.25, -0.2) is 4.68 Å². The smallest absolute Gasteiger partial charge is 0.257 e. The molecule has 204 valence electrons. The van der Waals surface area contributed by atoms with Crippen molar-refractivity contribution in [3.63, 3.8) is 0 Å². The lowest BCUT2D eigenvalue weighted by molar-refractivity contribution is 0.0944. The number of ketones is 1. The van der Waals surface area contributed by atoms with Crippen molar-refractivity contribution in [3.05, 3.63) is 154 Å². The monoisotopic (exact) mass is 556 g/mol. The number of nitrogens with zero attached hydrogens (tertiary/aromatic N) is 3. The van der Waals surface area contributed by atoms with Crippen LogP contribution in [-0.2, 0) is 12.5 Å². The number of nitrogens with one attached hydrogen (secondary N) is 1. The van der Waals surface area contributed by atoms with Crippen molar-refractivity contribution < 1.29 is 4.79 Å². The van der Waals surface area contributed by atoms with Crippen LogP contribution in [0.2, 0.25) is 0 Å². The molecular weight excluding hydrogens is 532 g/mol. The number of anilines is 2. The molecule has 0 amide bonds. The fourth-order valence-electron chi connectivity index (χ4n) is 7.32. The molecule has 5 aromatic carbocycles. The van der Waals surface area contributed by atoms with Gasteiger partial charge in [0, 0.05) is 29.1 Å².